The van der Waals surface area contributed by atoms with E-state index >= 15 is 0 Å². The monoisotopic (exact) mass is 415 g/mol. The van der Waals surface area contributed by atoms with Gasteiger partial charge in [-0.05, 0) is 52.7 Å². The van der Waals surface area contributed by atoms with Gasteiger partial charge in [0.25, 0.3) is 5.91 Å². The summed E-state index contributed by atoms with van der Waals surface area (Å²) in [6.07, 6.45) is 0. The molecule has 2 rings (SSSR count). The maximum atomic E-state index is 12.2. The molecular formula is C15H12Br2ClNO. The Bertz CT molecular complexity index is 628. The summed E-state index contributed by atoms with van der Waals surface area (Å²) in [6.45, 7) is 1.94. The molecule has 0 spiro atoms. The van der Waals surface area contributed by atoms with Gasteiger partial charge < -0.3 is 5.32 Å². The maximum absolute atomic E-state index is 12.2. The van der Waals surface area contributed by atoms with Gasteiger partial charge >= 0.3 is 0 Å². The van der Waals surface area contributed by atoms with E-state index in [0.717, 1.165) is 10.0 Å². The number of hydrogen-bond acceptors (Lipinski definition) is 1. The summed E-state index contributed by atoms with van der Waals surface area (Å²) in [7, 11) is 0. The molecule has 1 atom stereocenters. The first-order chi connectivity index (χ1) is 9.49. The number of rotatable bonds is 3. The van der Waals surface area contributed by atoms with Crippen LogP contribution in [0.1, 0.15) is 28.9 Å². The number of halogens is 3. The largest absolute Gasteiger partial charge is 0.345 e. The molecule has 1 amide bonds. The highest BCUT2D eigenvalue weighted by molar-refractivity contribution is 9.10. The van der Waals surface area contributed by atoms with Crippen LogP contribution in [0.2, 0.25) is 5.02 Å². The van der Waals surface area contributed by atoms with Gasteiger partial charge in [-0.1, -0.05) is 45.7 Å². The first-order valence-corrected chi connectivity index (χ1v) is 7.96. The number of nitrogens with one attached hydrogen (secondary N) is 1. The second-order valence-electron chi connectivity index (χ2n) is 4.35. The zero-order valence-corrected chi connectivity index (χ0v) is 14.6. The normalized spacial score (nSPS) is 12.0. The van der Waals surface area contributed by atoms with E-state index < -0.39 is 0 Å². The molecule has 0 bridgehead atoms. The third-order valence-electron chi connectivity index (χ3n) is 2.91. The lowest BCUT2D eigenvalue weighted by atomic mass is 10.1. The van der Waals surface area contributed by atoms with Crippen molar-refractivity contribution in [3.05, 3.63) is 67.6 Å². The maximum Gasteiger partial charge on any atom is 0.253 e. The van der Waals surface area contributed by atoms with Crippen LogP contribution in [-0.2, 0) is 0 Å². The Balaban J connectivity index is 2.15. The Kier molecular flexibility index (Phi) is 5.24. The fraction of sp³-hybridized carbons (Fsp3) is 0.133. The van der Waals surface area contributed by atoms with Crippen LogP contribution in [0.5, 0.6) is 0 Å². The van der Waals surface area contributed by atoms with E-state index in [2.05, 4.69) is 37.2 Å². The van der Waals surface area contributed by atoms with Crippen LogP contribution >= 0.6 is 43.5 Å². The van der Waals surface area contributed by atoms with Crippen molar-refractivity contribution in [1.82, 2.24) is 5.32 Å². The second kappa shape index (κ2) is 6.74. The highest BCUT2D eigenvalue weighted by Gasteiger charge is 2.15. The van der Waals surface area contributed by atoms with E-state index in [4.69, 9.17) is 11.6 Å². The third kappa shape index (κ3) is 3.62. The van der Waals surface area contributed by atoms with Gasteiger partial charge in [0.2, 0.25) is 0 Å². The molecule has 5 heteroatoms. The summed E-state index contributed by atoms with van der Waals surface area (Å²) in [5, 5.41) is 3.36. The predicted molar refractivity (Wildman–Crippen MR) is 89.2 cm³/mol. The number of benzene rings is 2. The molecule has 2 nitrogen and oxygen atoms in total. The van der Waals surface area contributed by atoms with Gasteiger partial charge in [-0.3, -0.25) is 4.79 Å². The highest BCUT2D eigenvalue weighted by Crippen LogP contribution is 2.26. The smallest absolute Gasteiger partial charge is 0.253 e. The van der Waals surface area contributed by atoms with Gasteiger partial charge in [0, 0.05) is 8.95 Å². The Morgan fingerprint density at radius 1 is 1.15 bits per heavy atom. The summed E-state index contributed by atoms with van der Waals surface area (Å²) >= 11 is 12.8. The summed E-state index contributed by atoms with van der Waals surface area (Å²) in [5.41, 5.74) is 1.50. The Morgan fingerprint density at radius 3 is 2.45 bits per heavy atom. The summed E-state index contributed by atoms with van der Waals surface area (Å²) in [5.74, 6) is -0.188. The zero-order chi connectivity index (χ0) is 14.7. The molecule has 0 aliphatic heterocycles. The van der Waals surface area contributed by atoms with Crippen molar-refractivity contribution in [2.45, 2.75) is 13.0 Å². The molecule has 1 N–H and O–H groups in total. The van der Waals surface area contributed by atoms with Crippen molar-refractivity contribution in [2.24, 2.45) is 0 Å². The molecule has 0 heterocycles. The van der Waals surface area contributed by atoms with Crippen LogP contribution in [0, 0.1) is 0 Å². The van der Waals surface area contributed by atoms with Gasteiger partial charge in [-0.15, -0.1) is 0 Å². The molecule has 0 radical (unpaired) electrons. The van der Waals surface area contributed by atoms with E-state index in [0.29, 0.717) is 15.1 Å². The molecule has 0 fully saturated rings. The minimum atomic E-state index is -0.188. The predicted octanol–water partition coefficient (Wildman–Crippen LogP) is 5.36. The van der Waals surface area contributed by atoms with Gasteiger partial charge in [0.1, 0.15) is 0 Å². The van der Waals surface area contributed by atoms with Gasteiger partial charge in [0.15, 0.2) is 0 Å². The summed E-state index contributed by atoms with van der Waals surface area (Å²) < 4.78 is 1.72. The Hall–Kier alpha value is -0.840. The molecule has 2 aromatic carbocycles. The minimum absolute atomic E-state index is 0.0920. The van der Waals surface area contributed by atoms with E-state index in [9.17, 15) is 4.79 Å². The Morgan fingerprint density at radius 2 is 1.80 bits per heavy atom. The van der Waals surface area contributed by atoms with Crippen LogP contribution in [0.25, 0.3) is 0 Å². The van der Waals surface area contributed by atoms with Gasteiger partial charge in [-0.2, -0.15) is 0 Å². The topological polar surface area (TPSA) is 29.1 Å². The number of amides is 1. The fourth-order valence-electron chi connectivity index (χ4n) is 1.79. The molecular weight excluding hydrogens is 405 g/mol. The molecule has 0 aromatic heterocycles. The molecule has 20 heavy (non-hydrogen) atoms. The third-order valence-corrected chi connectivity index (χ3v) is 4.74. The van der Waals surface area contributed by atoms with E-state index in [1.165, 1.54) is 0 Å². The van der Waals surface area contributed by atoms with Crippen LogP contribution in [0.15, 0.2) is 51.4 Å². The molecule has 0 saturated heterocycles. The van der Waals surface area contributed by atoms with Crippen molar-refractivity contribution in [3.63, 3.8) is 0 Å². The van der Waals surface area contributed by atoms with Crippen molar-refractivity contribution < 1.29 is 4.79 Å². The lowest BCUT2D eigenvalue weighted by molar-refractivity contribution is 0.0940. The second-order valence-corrected chi connectivity index (χ2v) is 6.50. The van der Waals surface area contributed by atoms with Gasteiger partial charge in [-0.25, -0.2) is 0 Å². The Labute approximate surface area is 139 Å². The van der Waals surface area contributed by atoms with Crippen molar-refractivity contribution in [3.8, 4) is 0 Å². The van der Waals surface area contributed by atoms with Crippen molar-refractivity contribution in [2.75, 3.05) is 0 Å². The summed E-state index contributed by atoms with van der Waals surface area (Å²) in [6, 6.07) is 13.0. The quantitative estimate of drug-likeness (QED) is 0.716. The molecule has 0 aliphatic rings. The van der Waals surface area contributed by atoms with Crippen molar-refractivity contribution >= 4 is 49.4 Å². The number of carbonyl (C=O) groups excluding carboxylic acids is 1. The van der Waals surface area contributed by atoms with Crippen LogP contribution < -0.4 is 5.32 Å². The molecule has 104 valence electrons. The first kappa shape index (κ1) is 15.5. The van der Waals surface area contributed by atoms with Gasteiger partial charge in [0.05, 0.1) is 16.6 Å². The lowest BCUT2D eigenvalue weighted by Gasteiger charge is -2.15. The zero-order valence-electron chi connectivity index (χ0n) is 10.7. The molecule has 2 aromatic rings. The van der Waals surface area contributed by atoms with Crippen LogP contribution in [0.3, 0.4) is 0 Å². The highest BCUT2D eigenvalue weighted by atomic mass is 79.9. The number of carbonyl (C=O) groups is 1. The number of hydrogen-bond donors (Lipinski definition) is 1. The average molecular weight is 418 g/mol. The standard InChI is InChI=1S/C15H12Br2ClNO/c1-9(10-5-7-11(16)8-6-10)19-15(20)12-3-2-4-13(17)14(12)18/h2-9H,1H3,(H,19,20)/t9-/m1/s1. The van der Waals surface area contributed by atoms with E-state index in [1.54, 1.807) is 18.2 Å². The fourth-order valence-corrected chi connectivity index (χ4v) is 2.63. The molecule has 0 aliphatic carbocycles. The van der Waals surface area contributed by atoms with Crippen molar-refractivity contribution in [1.29, 1.82) is 0 Å². The molecule has 0 unspecified atom stereocenters. The molecule has 0 saturated carbocycles. The van der Waals surface area contributed by atoms with E-state index in [1.807, 2.05) is 31.2 Å². The van der Waals surface area contributed by atoms with Crippen LogP contribution in [-0.4, -0.2) is 5.91 Å². The average Bonchev–Trinajstić information content (AvgIpc) is 2.42. The minimum Gasteiger partial charge on any atom is -0.345 e. The summed E-state index contributed by atoms with van der Waals surface area (Å²) in [4.78, 5) is 12.2. The van der Waals surface area contributed by atoms with Crippen LogP contribution in [0.4, 0.5) is 0 Å². The lowest BCUT2D eigenvalue weighted by Crippen LogP contribution is -2.26. The first-order valence-electron chi connectivity index (χ1n) is 5.99. The SMILES string of the molecule is C[C@@H](NC(=O)c1cccc(Br)c1Cl)c1ccc(Br)cc1. The van der Waals surface area contributed by atoms with E-state index in [-0.39, 0.29) is 11.9 Å².